The molecule has 0 saturated heterocycles. The largest absolute Gasteiger partial charge is 0.370 e. The van der Waals surface area contributed by atoms with Gasteiger partial charge in [0.05, 0.1) is 5.37 Å². The molecule has 0 fully saturated rings. The molecule has 0 radical (unpaired) electrons. The Balaban J connectivity index is 2.60. The minimum atomic E-state index is -0.0868. The summed E-state index contributed by atoms with van der Waals surface area (Å²) in [6.45, 7) is 1.85. The van der Waals surface area contributed by atoms with E-state index < -0.39 is 0 Å². The van der Waals surface area contributed by atoms with Gasteiger partial charge < -0.3 is 11.1 Å². The standard InChI is InChI=1S/C9H13N3S/c1-7(13)11-9(10)12-8-5-3-2-4-6-8/h2-7,13H,1H3,(H3,10,11,12). The van der Waals surface area contributed by atoms with Gasteiger partial charge in [-0.05, 0) is 19.1 Å². The Morgan fingerprint density at radius 3 is 2.62 bits per heavy atom. The van der Waals surface area contributed by atoms with Gasteiger partial charge in [-0.3, -0.25) is 0 Å². The van der Waals surface area contributed by atoms with Gasteiger partial charge in [-0.2, -0.15) is 12.6 Å². The second-order valence-electron chi connectivity index (χ2n) is 2.64. The molecule has 1 atom stereocenters. The minimum absolute atomic E-state index is 0.0868. The molecule has 3 nitrogen and oxygen atoms in total. The third-order valence-corrected chi connectivity index (χ3v) is 1.49. The van der Waals surface area contributed by atoms with Crippen LogP contribution in [-0.2, 0) is 0 Å². The average molecular weight is 195 g/mol. The van der Waals surface area contributed by atoms with E-state index in [1.54, 1.807) is 0 Å². The number of nitrogens with zero attached hydrogens (tertiary/aromatic N) is 1. The van der Waals surface area contributed by atoms with E-state index in [-0.39, 0.29) is 5.37 Å². The Morgan fingerprint density at radius 2 is 2.08 bits per heavy atom. The molecule has 0 aliphatic carbocycles. The van der Waals surface area contributed by atoms with Crippen LogP contribution in [-0.4, -0.2) is 11.3 Å². The van der Waals surface area contributed by atoms with Crippen LogP contribution in [0.2, 0.25) is 0 Å². The van der Waals surface area contributed by atoms with Gasteiger partial charge in [-0.15, -0.1) is 0 Å². The first-order chi connectivity index (χ1) is 6.18. The lowest BCUT2D eigenvalue weighted by atomic mass is 10.3. The highest BCUT2D eigenvalue weighted by atomic mass is 32.1. The van der Waals surface area contributed by atoms with Crippen LogP contribution in [0.1, 0.15) is 6.92 Å². The molecule has 4 heteroatoms. The van der Waals surface area contributed by atoms with Crippen molar-refractivity contribution >= 4 is 24.3 Å². The number of anilines is 1. The minimum Gasteiger partial charge on any atom is -0.370 e. The van der Waals surface area contributed by atoms with E-state index in [9.17, 15) is 0 Å². The maximum Gasteiger partial charge on any atom is 0.194 e. The van der Waals surface area contributed by atoms with Crippen molar-refractivity contribution in [3.63, 3.8) is 0 Å². The molecule has 13 heavy (non-hydrogen) atoms. The number of guanidine groups is 1. The fourth-order valence-electron chi connectivity index (χ4n) is 0.903. The van der Waals surface area contributed by atoms with E-state index in [2.05, 4.69) is 22.9 Å². The average Bonchev–Trinajstić information content (AvgIpc) is 2.04. The van der Waals surface area contributed by atoms with Crippen LogP contribution < -0.4 is 11.1 Å². The number of hydrogen-bond acceptors (Lipinski definition) is 2. The molecule has 0 amide bonds. The van der Waals surface area contributed by atoms with Crippen LogP contribution in [0, 0.1) is 0 Å². The molecule has 0 aromatic heterocycles. The van der Waals surface area contributed by atoms with Gasteiger partial charge in [0.15, 0.2) is 5.96 Å². The van der Waals surface area contributed by atoms with Crippen molar-refractivity contribution in [2.45, 2.75) is 12.3 Å². The van der Waals surface area contributed by atoms with Crippen LogP contribution in [0.25, 0.3) is 0 Å². The predicted molar refractivity (Wildman–Crippen MR) is 60.1 cm³/mol. The van der Waals surface area contributed by atoms with Crippen molar-refractivity contribution in [1.82, 2.24) is 0 Å². The second kappa shape index (κ2) is 4.77. The van der Waals surface area contributed by atoms with E-state index in [1.807, 2.05) is 37.3 Å². The lowest BCUT2D eigenvalue weighted by Gasteiger charge is -2.05. The Hall–Kier alpha value is -1.16. The van der Waals surface area contributed by atoms with Gasteiger partial charge in [0.25, 0.3) is 0 Å². The molecule has 0 heterocycles. The lowest BCUT2D eigenvalue weighted by molar-refractivity contribution is 1.05. The fraction of sp³-hybridized carbons (Fsp3) is 0.222. The normalized spacial score (nSPS) is 13.8. The maximum absolute atomic E-state index is 5.60. The summed E-state index contributed by atoms with van der Waals surface area (Å²) in [5.41, 5.74) is 6.53. The Kier molecular flexibility index (Phi) is 3.64. The number of hydrogen-bond donors (Lipinski definition) is 3. The smallest absolute Gasteiger partial charge is 0.194 e. The third kappa shape index (κ3) is 3.85. The first-order valence-corrected chi connectivity index (χ1v) is 4.53. The zero-order valence-electron chi connectivity index (χ0n) is 7.44. The molecular formula is C9H13N3S. The number of benzene rings is 1. The van der Waals surface area contributed by atoms with Crippen molar-refractivity contribution < 1.29 is 0 Å². The van der Waals surface area contributed by atoms with E-state index in [0.29, 0.717) is 5.96 Å². The van der Waals surface area contributed by atoms with Crippen molar-refractivity contribution in [2.75, 3.05) is 5.32 Å². The quantitative estimate of drug-likeness (QED) is 0.382. The van der Waals surface area contributed by atoms with Crippen LogP contribution in [0.5, 0.6) is 0 Å². The zero-order valence-corrected chi connectivity index (χ0v) is 8.33. The van der Waals surface area contributed by atoms with Gasteiger partial charge in [0.2, 0.25) is 0 Å². The predicted octanol–water partition coefficient (Wildman–Crippen LogP) is 1.69. The van der Waals surface area contributed by atoms with E-state index >= 15 is 0 Å². The summed E-state index contributed by atoms with van der Waals surface area (Å²) in [5.74, 6) is 0.383. The molecule has 1 unspecified atom stereocenters. The molecule has 0 aliphatic heterocycles. The monoisotopic (exact) mass is 195 g/mol. The molecule has 1 rings (SSSR count). The Labute approximate surface area is 83.5 Å². The molecule has 0 aliphatic rings. The number of nitrogens with one attached hydrogen (secondary N) is 1. The first-order valence-electron chi connectivity index (χ1n) is 4.02. The van der Waals surface area contributed by atoms with E-state index in [0.717, 1.165) is 5.69 Å². The zero-order chi connectivity index (χ0) is 9.68. The fourth-order valence-corrected chi connectivity index (χ4v) is 1.03. The number of aliphatic imine (C=N–C) groups is 1. The number of nitrogens with two attached hydrogens (primary N) is 1. The topological polar surface area (TPSA) is 50.4 Å². The summed E-state index contributed by atoms with van der Waals surface area (Å²) in [4.78, 5) is 4.02. The molecule has 70 valence electrons. The van der Waals surface area contributed by atoms with E-state index in [4.69, 9.17) is 5.73 Å². The van der Waals surface area contributed by atoms with Gasteiger partial charge in [0.1, 0.15) is 0 Å². The molecule has 3 N–H and O–H groups in total. The highest BCUT2D eigenvalue weighted by Gasteiger charge is 1.94. The number of thiol groups is 1. The molecule has 0 bridgehead atoms. The van der Waals surface area contributed by atoms with Gasteiger partial charge in [-0.1, -0.05) is 18.2 Å². The molecule has 1 aromatic rings. The molecule has 0 saturated carbocycles. The summed E-state index contributed by atoms with van der Waals surface area (Å²) < 4.78 is 0. The SMILES string of the molecule is CC(S)/N=C(\N)Nc1ccccc1. The van der Waals surface area contributed by atoms with Crippen LogP contribution in [0.4, 0.5) is 5.69 Å². The van der Waals surface area contributed by atoms with Gasteiger partial charge in [-0.25, -0.2) is 4.99 Å². The van der Waals surface area contributed by atoms with Crippen molar-refractivity contribution in [3.8, 4) is 0 Å². The molecule has 1 aromatic carbocycles. The third-order valence-electron chi connectivity index (χ3n) is 1.37. The van der Waals surface area contributed by atoms with Gasteiger partial charge in [0, 0.05) is 5.69 Å². The van der Waals surface area contributed by atoms with E-state index in [1.165, 1.54) is 0 Å². The Morgan fingerprint density at radius 1 is 1.46 bits per heavy atom. The van der Waals surface area contributed by atoms with Crippen molar-refractivity contribution in [3.05, 3.63) is 30.3 Å². The highest BCUT2D eigenvalue weighted by molar-refractivity contribution is 7.80. The van der Waals surface area contributed by atoms with Crippen molar-refractivity contribution in [1.29, 1.82) is 0 Å². The summed E-state index contributed by atoms with van der Waals surface area (Å²) in [6.07, 6.45) is 0. The van der Waals surface area contributed by atoms with Crippen LogP contribution >= 0.6 is 12.6 Å². The Bertz CT molecular complexity index is 282. The lowest BCUT2D eigenvalue weighted by Crippen LogP contribution is -2.23. The molecular weight excluding hydrogens is 182 g/mol. The van der Waals surface area contributed by atoms with Crippen LogP contribution in [0.15, 0.2) is 35.3 Å². The highest BCUT2D eigenvalue weighted by Crippen LogP contribution is 2.04. The summed E-state index contributed by atoms with van der Waals surface area (Å²) in [6, 6.07) is 9.65. The van der Waals surface area contributed by atoms with Gasteiger partial charge >= 0.3 is 0 Å². The number of para-hydroxylation sites is 1. The summed E-state index contributed by atoms with van der Waals surface area (Å²) in [5, 5.41) is 2.87. The second-order valence-corrected chi connectivity index (χ2v) is 3.38. The first kappa shape index (κ1) is 9.92. The summed E-state index contributed by atoms with van der Waals surface area (Å²) >= 11 is 4.10. The summed E-state index contributed by atoms with van der Waals surface area (Å²) in [7, 11) is 0. The van der Waals surface area contributed by atoms with Crippen LogP contribution in [0.3, 0.4) is 0 Å². The number of rotatable bonds is 2. The van der Waals surface area contributed by atoms with Crippen molar-refractivity contribution in [2.24, 2.45) is 10.7 Å². The molecule has 0 spiro atoms. The maximum atomic E-state index is 5.60.